The molecule has 0 aliphatic rings. The minimum absolute atomic E-state index is 0.126. The van der Waals surface area contributed by atoms with Crippen molar-refractivity contribution in [1.29, 1.82) is 0 Å². The van der Waals surface area contributed by atoms with E-state index in [2.05, 4.69) is 0 Å². The summed E-state index contributed by atoms with van der Waals surface area (Å²) < 4.78 is 23.8. The second kappa shape index (κ2) is 5.68. The van der Waals surface area contributed by atoms with Crippen molar-refractivity contribution in [2.24, 2.45) is 0 Å². The normalized spacial score (nSPS) is 11.0. The van der Waals surface area contributed by atoms with Gasteiger partial charge in [-0.3, -0.25) is 10.1 Å². The van der Waals surface area contributed by atoms with Crippen molar-refractivity contribution in [2.75, 3.05) is 0 Å². The van der Waals surface area contributed by atoms with Gasteiger partial charge in [0.25, 0.3) is 15.7 Å². The first-order valence-electron chi connectivity index (χ1n) is 5.47. The molecule has 0 radical (unpaired) electrons. The molecule has 0 aromatic heterocycles. The third kappa shape index (κ3) is 3.31. The molecule has 20 heavy (non-hydrogen) atoms. The number of sulfonamides is 1. The number of benzene rings is 2. The number of non-ortho nitro benzene ring substituents is 1. The van der Waals surface area contributed by atoms with E-state index in [1.807, 2.05) is 4.89 Å². The van der Waals surface area contributed by atoms with Gasteiger partial charge in [0.05, 0.1) is 9.82 Å². The number of nitrogens with zero attached hydrogens (tertiary/aromatic N) is 1. The zero-order chi connectivity index (χ0) is 14.6. The number of hydrogen-bond donors (Lipinski definition) is 1. The molecule has 8 heteroatoms. The molecule has 0 amide bonds. The molecule has 0 fully saturated rings. The number of nitrogens with one attached hydrogen (secondary N) is 1. The highest BCUT2D eigenvalue weighted by Gasteiger charge is 2.16. The lowest BCUT2D eigenvalue weighted by Gasteiger charge is -2.07. The molecule has 0 heterocycles. The molecular formula is C12H10N2O5S. The summed E-state index contributed by atoms with van der Waals surface area (Å²) in [6.45, 7) is 0. The predicted molar refractivity (Wildman–Crippen MR) is 70.5 cm³/mol. The zero-order valence-electron chi connectivity index (χ0n) is 10.1. The second-order valence-corrected chi connectivity index (χ2v) is 5.40. The van der Waals surface area contributed by atoms with E-state index in [4.69, 9.17) is 4.84 Å². The van der Waals surface area contributed by atoms with Crippen LogP contribution in [0, 0.1) is 10.1 Å². The van der Waals surface area contributed by atoms with Crippen LogP contribution in [0.15, 0.2) is 59.5 Å². The molecule has 0 bridgehead atoms. The van der Waals surface area contributed by atoms with Gasteiger partial charge in [-0.25, -0.2) is 8.42 Å². The van der Waals surface area contributed by atoms with Crippen LogP contribution in [-0.2, 0) is 10.0 Å². The van der Waals surface area contributed by atoms with Gasteiger partial charge in [0, 0.05) is 12.1 Å². The number of hydrogen-bond acceptors (Lipinski definition) is 5. The van der Waals surface area contributed by atoms with Crippen LogP contribution in [0.1, 0.15) is 0 Å². The lowest BCUT2D eigenvalue weighted by Crippen LogP contribution is -2.27. The Labute approximate surface area is 115 Å². The van der Waals surface area contributed by atoms with Gasteiger partial charge in [0.1, 0.15) is 5.75 Å². The third-order valence-electron chi connectivity index (χ3n) is 2.37. The van der Waals surface area contributed by atoms with E-state index in [9.17, 15) is 18.5 Å². The summed E-state index contributed by atoms with van der Waals surface area (Å²) in [7, 11) is -3.90. The molecule has 2 aromatic rings. The molecular weight excluding hydrogens is 284 g/mol. The molecule has 0 saturated carbocycles. The van der Waals surface area contributed by atoms with Gasteiger partial charge in [0.2, 0.25) is 0 Å². The van der Waals surface area contributed by atoms with Crippen molar-refractivity contribution in [1.82, 2.24) is 4.89 Å². The first kappa shape index (κ1) is 14.0. The minimum Gasteiger partial charge on any atom is -0.394 e. The zero-order valence-corrected chi connectivity index (χ0v) is 10.9. The Kier molecular flexibility index (Phi) is 3.97. The summed E-state index contributed by atoms with van der Waals surface area (Å²) in [6.07, 6.45) is 0. The van der Waals surface area contributed by atoms with Crippen LogP contribution < -0.4 is 9.72 Å². The van der Waals surface area contributed by atoms with Gasteiger partial charge in [0.15, 0.2) is 0 Å². The maximum Gasteiger partial charge on any atom is 0.271 e. The van der Waals surface area contributed by atoms with Crippen molar-refractivity contribution >= 4 is 15.7 Å². The topological polar surface area (TPSA) is 98.5 Å². The second-order valence-electron chi connectivity index (χ2n) is 3.75. The lowest BCUT2D eigenvalue weighted by molar-refractivity contribution is -0.384. The maximum atomic E-state index is 11.9. The average molecular weight is 294 g/mol. The van der Waals surface area contributed by atoms with E-state index in [1.165, 1.54) is 0 Å². The fourth-order valence-electron chi connectivity index (χ4n) is 1.39. The summed E-state index contributed by atoms with van der Waals surface area (Å²) in [5.74, 6) is 0.331. The maximum absolute atomic E-state index is 11.9. The van der Waals surface area contributed by atoms with E-state index >= 15 is 0 Å². The van der Waals surface area contributed by atoms with E-state index in [0.29, 0.717) is 5.75 Å². The highest BCUT2D eigenvalue weighted by atomic mass is 32.2. The highest BCUT2D eigenvalue weighted by molar-refractivity contribution is 7.89. The van der Waals surface area contributed by atoms with E-state index in [0.717, 1.165) is 24.3 Å². The fraction of sp³-hybridized carbons (Fsp3) is 0. The molecule has 1 N–H and O–H groups in total. The molecule has 0 spiro atoms. The molecule has 0 saturated heterocycles. The number of nitro benzene ring substituents is 1. The van der Waals surface area contributed by atoms with Crippen LogP contribution >= 0.6 is 0 Å². The smallest absolute Gasteiger partial charge is 0.271 e. The van der Waals surface area contributed by atoms with Crippen molar-refractivity contribution in [2.45, 2.75) is 4.90 Å². The van der Waals surface area contributed by atoms with E-state index in [1.54, 1.807) is 30.3 Å². The van der Waals surface area contributed by atoms with Crippen molar-refractivity contribution in [3.63, 3.8) is 0 Å². The van der Waals surface area contributed by atoms with Crippen molar-refractivity contribution in [3.8, 4) is 5.75 Å². The standard InChI is InChI=1S/C12H10N2O5S/c15-14(16)10-6-8-12(9-7-10)20(17,18)13-19-11-4-2-1-3-5-11/h1-9,13H. The number of rotatable bonds is 5. The van der Waals surface area contributed by atoms with Crippen LogP contribution in [0.2, 0.25) is 0 Å². The molecule has 104 valence electrons. The average Bonchev–Trinajstić information content (AvgIpc) is 2.46. The Bertz CT molecular complexity index is 698. The van der Waals surface area contributed by atoms with Gasteiger partial charge in [-0.2, -0.15) is 0 Å². The Morgan fingerprint density at radius 2 is 1.60 bits per heavy atom. The Morgan fingerprint density at radius 1 is 1.00 bits per heavy atom. The van der Waals surface area contributed by atoms with Crippen LogP contribution in [0.4, 0.5) is 5.69 Å². The van der Waals surface area contributed by atoms with Crippen molar-refractivity contribution in [3.05, 3.63) is 64.7 Å². The summed E-state index contributed by atoms with van der Waals surface area (Å²) in [5, 5.41) is 10.5. The first-order valence-corrected chi connectivity index (χ1v) is 6.95. The van der Waals surface area contributed by atoms with Crippen LogP contribution in [-0.4, -0.2) is 13.3 Å². The summed E-state index contributed by atoms with van der Waals surface area (Å²) in [6, 6.07) is 12.8. The van der Waals surface area contributed by atoms with E-state index < -0.39 is 14.9 Å². The Hall–Kier alpha value is -2.45. The van der Waals surface area contributed by atoms with E-state index in [-0.39, 0.29) is 10.6 Å². The third-order valence-corrected chi connectivity index (χ3v) is 3.57. The molecule has 7 nitrogen and oxygen atoms in total. The van der Waals surface area contributed by atoms with Crippen LogP contribution in [0.3, 0.4) is 0 Å². The van der Waals surface area contributed by atoms with Gasteiger partial charge >= 0.3 is 0 Å². The van der Waals surface area contributed by atoms with Gasteiger partial charge < -0.3 is 4.84 Å². The Balaban J connectivity index is 2.12. The molecule has 0 aliphatic carbocycles. The van der Waals surface area contributed by atoms with Gasteiger partial charge in [-0.05, 0) is 29.2 Å². The molecule has 2 rings (SSSR count). The minimum atomic E-state index is -3.90. The SMILES string of the molecule is O=[N+]([O-])c1ccc(S(=O)(=O)NOc2ccccc2)cc1. The molecule has 0 atom stereocenters. The van der Waals surface area contributed by atoms with Crippen LogP contribution in [0.5, 0.6) is 5.75 Å². The summed E-state index contributed by atoms with van der Waals surface area (Å²) >= 11 is 0. The van der Waals surface area contributed by atoms with Crippen molar-refractivity contribution < 1.29 is 18.2 Å². The highest BCUT2D eigenvalue weighted by Crippen LogP contribution is 2.16. The quantitative estimate of drug-likeness (QED) is 0.670. The monoisotopic (exact) mass is 294 g/mol. The number of para-hydroxylation sites is 1. The predicted octanol–water partition coefficient (Wildman–Crippen LogP) is 1.87. The first-order chi connectivity index (χ1) is 9.49. The number of nitro groups is 1. The summed E-state index contributed by atoms with van der Waals surface area (Å²) in [4.78, 5) is 16.6. The van der Waals surface area contributed by atoms with Crippen LogP contribution in [0.25, 0.3) is 0 Å². The fourth-order valence-corrected chi connectivity index (χ4v) is 2.18. The Morgan fingerprint density at radius 3 is 2.15 bits per heavy atom. The van der Waals surface area contributed by atoms with Gasteiger partial charge in [-0.15, -0.1) is 0 Å². The summed E-state index contributed by atoms with van der Waals surface area (Å²) in [5.41, 5.74) is -0.187. The molecule has 0 unspecified atom stereocenters. The largest absolute Gasteiger partial charge is 0.394 e. The molecule has 2 aromatic carbocycles. The van der Waals surface area contributed by atoms with Gasteiger partial charge in [-0.1, -0.05) is 18.2 Å². The lowest BCUT2D eigenvalue weighted by atomic mass is 10.3. The molecule has 0 aliphatic heterocycles.